The molecule has 1 aliphatic heterocycles. The fourth-order valence-corrected chi connectivity index (χ4v) is 4.15. The van der Waals surface area contributed by atoms with Gasteiger partial charge in [-0.3, -0.25) is 9.69 Å². The Morgan fingerprint density at radius 2 is 1.85 bits per heavy atom. The number of carbonyl (C=O) groups is 1. The summed E-state index contributed by atoms with van der Waals surface area (Å²) in [6, 6.07) is 15.1. The molecule has 1 fully saturated rings. The predicted octanol–water partition coefficient (Wildman–Crippen LogP) is 4.31. The number of aromatic nitrogens is 3. The first-order chi connectivity index (χ1) is 16.0. The molecule has 1 amide bonds. The van der Waals surface area contributed by atoms with Crippen molar-refractivity contribution < 1.29 is 13.7 Å². The second-order valence-corrected chi connectivity index (χ2v) is 8.37. The van der Waals surface area contributed by atoms with Gasteiger partial charge < -0.3 is 13.8 Å². The zero-order valence-electron chi connectivity index (χ0n) is 18.1. The Labute approximate surface area is 195 Å². The largest absolute Gasteiger partial charge is 0.459 e. The summed E-state index contributed by atoms with van der Waals surface area (Å²) in [6.45, 7) is 5.61. The van der Waals surface area contributed by atoms with E-state index in [2.05, 4.69) is 32.2 Å². The maximum atomic E-state index is 12.8. The van der Waals surface area contributed by atoms with E-state index in [1.807, 2.05) is 24.0 Å². The average Bonchev–Trinajstić information content (AvgIpc) is 3.51. The normalized spacial score (nSPS) is 14.5. The van der Waals surface area contributed by atoms with E-state index >= 15 is 0 Å². The van der Waals surface area contributed by atoms with Gasteiger partial charge >= 0.3 is 0 Å². The summed E-state index contributed by atoms with van der Waals surface area (Å²) in [5, 5.41) is 4.39. The van der Waals surface area contributed by atoms with Crippen molar-refractivity contribution in [2.75, 3.05) is 26.2 Å². The number of furan rings is 1. The number of piperazine rings is 1. The van der Waals surface area contributed by atoms with Crippen LogP contribution in [0.1, 0.15) is 21.6 Å². The first kappa shape index (κ1) is 21.4. The predicted molar refractivity (Wildman–Crippen MR) is 123 cm³/mol. The third-order valence-corrected chi connectivity index (χ3v) is 5.80. The molecule has 0 aliphatic carbocycles. The van der Waals surface area contributed by atoms with Gasteiger partial charge in [-0.2, -0.15) is 4.98 Å². The summed E-state index contributed by atoms with van der Waals surface area (Å²) in [6.07, 6.45) is 1.57. The maximum Gasteiger partial charge on any atom is 0.293 e. The molecule has 9 heteroatoms. The lowest BCUT2D eigenvalue weighted by atomic mass is 10.1. The summed E-state index contributed by atoms with van der Waals surface area (Å²) < 4.78 is 10.6. The molecule has 0 radical (unpaired) electrons. The van der Waals surface area contributed by atoms with Gasteiger partial charge in [0.05, 0.1) is 6.26 Å². The van der Waals surface area contributed by atoms with Crippen LogP contribution in [0.15, 0.2) is 63.7 Å². The van der Waals surface area contributed by atoms with E-state index in [0.29, 0.717) is 41.3 Å². The average molecular weight is 464 g/mol. The molecule has 0 saturated carbocycles. The molecule has 1 saturated heterocycles. The van der Waals surface area contributed by atoms with Crippen LogP contribution in [0.4, 0.5) is 0 Å². The van der Waals surface area contributed by atoms with Crippen LogP contribution >= 0.6 is 11.6 Å². The molecule has 3 aromatic heterocycles. The minimum atomic E-state index is 0.000401. The Balaban J connectivity index is 1.17. The number of amides is 1. The number of halogens is 1. The van der Waals surface area contributed by atoms with E-state index in [1.54, 1.807) is 30.5 Å². The van der Waals surface area contributed by atoms with E-state index in [-0.39, 0.29) is 5.91 Å². The van der Waals surface area contributed by atoms with Gasteiger partial charge in [0.1, 0.15) is 5.15 Å². The van der Waals surface area contributed by atoms with Gasteiger partial charge in [-0.1, -0.05) is 41.0 Å². The van der Waals surface area contributed by atoms with Crippen molar-refractivity contribution in [2.45, 2.75) is 13.5 Å². The van der Waals surface area contributed by atoms with Crippen LogP contribution < -0.4 is 0 Å². The molecule has 4 heterocycles. The summed E-state index contributed by atoms with van der Waals surface area (Å²) in [5.41, 5.74) is 3.39. The number of aryl methyl sites for hydroxylation is 1. The van der Waals surface area contributed by atoms with Crippen molar-refractivity contribution in [3.63, 3.8) is 0 Å². The SMILES string of the molecule is Cc1cc(C(=O)N2CCN(Cc3ccc(-c4noc(-c5ccco5)n4)cc3)CC2)cc(Cl)n1. The minimum Gasteiger partial charge on any atom is -0.459 e. The zero-order valence-corrected chi connectivity index (χ0v) is 18.8. The molecule has 8 nitrogen and oxygen atoms in total. The number of hydrogen-bond donors (Lipinski definition) is 0. The highest BCUT2D eigenvalue weighted by Crippen LogP contribution is 2.23. The molecule has 0 bridgehead atoms. The molecule has 1 aliphatic rings. The number of carbonyl (C=O) groups excluding carboxylic acids is 1. The summed E-state index contributed by atoms with van der Waals surface area (Å²) in [4.78, 5) is 25.6. The third kappa shape index (κ3) is 4.81. The highest BCUT2D eigenvalue weighted by Gasteiger charge is 2.23. The van der Waals surface area contributed by atoms with Crippen LogP contribution in [0.3, 0.4) is 0 Å². The Kier molecular flexibility index (Phi) is 5.93. The van der Waals surface area contributed by atoms with E-state index < -0.39 is 0 Å². The molecule has 0 spiro atoms. The Hall–Kier alpha value is -3.49. The lowest BCUT2D eigenvalue weighted by molar-refractivity contribution is 0.0628. The van der Waals surface area contributed by atoms with Crippen LogP contribution in [0.25, 0.3) is 23.0 Å². The van der Waals surface area contributed by atoms with Crippen molar-refractivity contribution in [1.29, 1.82) is 0 Å². The number of nitrogens with zero attached hydrogens (tertiary/aromatic N) is 5. The quantitative estimate of drug-likeness (QED) is 0.407. The Morgan fingerprint density at radius 1 is 1.06 bits per heavy atom. The van der Waals surface area contributed by atoms with Crippen molar-refractivity contribution in [2.24, 2.45) is 0 Å². The second-order valence-electron chi connectivity index (χ2n) is 7.99. The van der Waals surface area contributed by atoms with Gasteiger partial charge in [0.15, 0.2) is 5.76 Å². The molecular formula is C24H22ClN5O3. The van der Waals surface area contributed by atoms with Crippen LogP contribution in [0.2, 0.25) is 5.15 Å². The van der Waals surface area contributed by atoms with Crippen LogP contribution in [-0.4, -0.2) is 57.0 Å². The number of pyridine rings is 1. The highest BCUT2D eigenvalue weighted by atomic mass is 35.5. The molecule has 33 heavy (non-hydrogen) atoms. The van der Waals surface area contributed by atoms with E-state index in [9.17, 15) is 4.79 Å². The maximum absolute atomic E-state index is 12.8. The third-order valence-electron chi connectivity index (χ3n) is 5.60. The van der Waals surface area contributed by atoms with Crippen molar-refractivity contribution in [1.82, 2.24) is 24.9 Å². The highest BCUT2D eigenvalue weighted by molar-refractivity contribution is 6.29. The molecule has 1 aromatic carbocycles. The fourth-order valence-electron chi connectivity index (χ4n) is 3.90. The van der Waals surface area contributed by atoms with E-state index in [1.165, 1.54) is 5.56 Å². The molecule has 168 valence electrons. The molecule has 0 N–H and O–H groups in total. The zero-order chi connectivity index (χ0) is 22.8. The van der Waals surface area contributed by atoms with E-state index in [0.717, 1.165) is 30.9 Å². The van der Waals surface area contributed by atoms with Gasteiger partial charge in [-0.15, -0.1) is 0 Å². The lowest BCUT2D eigenvalue weighted by Crippen LogP contribution is -2.48. The molecule has 4 aromatic rings. The molecule has 0 atom stereocenters. The van der Waals surface area contributed by atoms with Gasteiger partial charge in [-0.05, 0) is 36.8 Å². The smallest absolute Gasteiger partial charge is 0.293 e. The standard InChI is InChI=1S/C24H22ClN5O3/c1-16-13-19(14-21(25)26-16)24(31)30-10-8-29(9-11-30)15-17-4-6-18(7-5-17)22-27-23(33-28-22)20-3-2-12-32-20/h2-7,12-14H,8-11,15H2,1H3. The lowest BCUT2D eigenvalue weighted by Gasteiger charge is -2.34. The van der Waals surface area contributed by atoms with Crippen molar-refractivity contribution >= 4 is 17.5 Å². The van der Waals surface area contributed by atoms with Gasteiger partial charge in [0.2, 0.25) is 5.82 Å². The van der Waals surface area contributed by atoms with Gasteiger partial charge in [0.25, 0.3) is 11.8 Å². The number of rotatable bonds is 5. The molecular weight excluding hydrogens is 442 g/mol. The first-order valence-electron chi connectivity index (χ1n) is 10.7. The number of benzene rings is 1. The number of hydrogen-bond acceptors (Lipinski definition) is 7. The summed E-state index contributed by atoms with van der Waals surface area (Å²) in [5.74, 6) is 1.42. The van der Waals surface area contributed by atoms with Gasteiger partial charge in [-0.25, -0.2) is 4.98 Å². The second kappa shape index (κ2) is 9.17. The first-order valence-corrected chi connectivity index (χ1v) is 11.1. The Morgan fingerprint density at radius 3 is 2.55 bits per heavy atom. The summed E-state index contributed by atoms with van der Waals surface area (Å²) in [7, 11) is 0. The molecule has 0 unspecified atom stereocenters. The monoisotopic (exact) mass is 463 g/mol. The van der Waals surface area contributed by atoms with E-state index in [4.69, 9.17) is 20.5 Å². The topological polar surface area (TPSA) is 88.5 Å². The molecule has 5 rings (SSSR count). The van der Waals surface area contributed by atoms with Crippen molar-refractivity contribution in [3.05, 3.63) is 76.8 Å². The Bertz CT molecular complexity index is 1230. The van der Waals surface area contributed by atoms with Crippen LogP contribution in [0, 0.1) is 6.92 Å². The van der Waals surface area contributed by atoms with Crippen molar-refractivity contribution in [3.8, 4) is 23.0 Å². The van der Waals surface area contributed by atoms with Gasteiger partial charge in [0, 0.05) is 49.5 Å². The van der Waals surface area contributed by atoms with Crippen LogP contribution in [-0.2, 0) is 6.54 Å². The fraction of sp³-hybridized carbons (Fsp3) is 0.250. The minimum absolute atomic E-state index is 0.000401. The summed E-state index contributed by atoms with van der Waals surface area (Å²) >= 11 is 6.01. The van der Waals surface area contributed by atoms with Crippen LogP contribution in [0.5, 0.6) is 0 Å².